The molecule has 0 spiro atoms. The third-order valence-corrected chi connectivity index (χ3v) is 6.41. The molecule has 8 nitrogen and oxygen atoms in total. The Morgan fingerprint density at radius 3 is 2.03 bits per heavy atom. The Morgan fingerprint density at radius 2 is 1.42 bits per heavy atom. The average molecular weight is 519 g/mol. The Bertz CT molecular complexity index is 1480. The van der Waals surface area contributed by atoms with E-state index in [4.69, 9.17) is 28.4 Å². The molecule has 0 atom stereocenters. The normalized spacial score (nSPS) is 10.7. The van der Waals surface area contributed by atoms with Crippen LogP contribution in [0.2, 0.25) is 0 Å². The maximum absolute atomic E-state index is 13.4. The SMILES string of the molecule is COc1ccc(-c2c(C)c(C(=O)OCc3ccccc3)c(O)c3cc(OC)c(OC)c(OC)c23)cc1OC. The largest absolute Gasteiger partial charge is 0.506 e. The smallest absolute Gasteiger partial charge is 0.342 e. The van der Waals surface area contributed by atoms with E-state index >= 15 is 0 Å². The highest BCUT2D eigenvalue weighted by Gasteiger charge is 2.29. The molecule has 0 unspecified atom stereocenters. The topological polar surface area (TPSA) is 92.7 Å². The van der Waals surface area contributed by atoms with Crippen molar-refractivity contribution in [2.75, 3.05) is 35.5 Å². The molecule has 0 heterocycles. The molecule has 4 aromatic rings. The fourth-order valence-electron chi connectivity index (χ4n) is 4.61. The van der Waals surface area contributed by atoms with Crippen LogP contribution in [0.15, 0.2) is 54.6 Å². The minimum atomic E-state index is -0.666. The number of methoxy groups -OCH3 is 5. The van der Waals surface area contributed by atoms with Crippen molar-refractivity contribution in [2.24, 2.45) is 0 Å². The summed E-state index contributed by atoms with van der Waals surface area (Å²) in [6.45, 7) is 1.80. The van der Waals surface area contributed by atoms with Crippen molar-refractivity contribution in [3.8, 4) is 45.6 Å². The van der Waals surface area contributed by atoms with Gasteiger partial charge in [-0.05, 0) is 47.4 Å². The summed E-state index contributed by atoms with van der Waals surface area (Å²) in [4.78, 5) is 13.4. The lowest BCUT2D eigenvalue weighted by Crippen LogP contribution is -2.10. The molecule has 8 heteroatoms. The molecule has 0 fully saturated rings. The Labute approximate surface area is 221 Å². The number of esters is 1. The Balaban J connectivity index is 2.04. The minimum absolute atomic E-state index is 0.0347. The molecular formula is C30H30O8. The van der Waals surface area contributed by atoms with Gasteiger partial charge in [-0.15, -0.1) is 0 Å². The molecule has 1 N–H and O–H groups in total. The molecule has 198 valence electrons. The lowest BCUT2D eigenvalue weighted by atomic mass is 9.88. The highest BCUT2D eigenvalue weighted by Crippen LogP contribution is 2.52. The van der Waals surface area contributed by atoms with Crippen molar-refractivity contribution in [3.63, 3.8) is 0 Å². The standard InChI is InChI=1S/C30H30O8/c1-17-24(19-12-13-21(33-2)22(14-19)34-3)26-20(15-23(35-4)28(36-5)29(26)37-6)27(31)25(17)30(32)38-16-18-10-8-7-9-11-18/h7-15,31H,16H2,1-6H3. The fourth-order valence-corrected chi connectivity index (χ4v) is 4.61. The quantitative estimate of drug-likeness (QED) is 0.273. The van der Waals surface area contributed by atoms with Gasteiger partial charge in [-0.3, -0.25) is 0 Å². The Morgan fingerprint density at radius 1 is 0.763 bits per heavy atom. The first-order valence-electron chi connectivity index (χ1n) is 11.8. The van der Waals surface area contributed by atoms with Crippen LogP contribution < -0.4 is 23.7 Å². The molecule has 0 amide bonds. The van der Waals surface area contributed by atoms with E-state index in [9.17, 15) is 9.90 Å². The predicted octanol–water partition coefficient (Wildman–Crippen LogP) is 5.92. The number of ether oxygens (including phenoxy) is 6. The number of hydrogen-bond donors (Lipinski definition) is 1. The number of carbonyl (C=O) groups excluding carboxylic acids is 1. The highest BCUT2D eigenvalue weighted by atomic mass is 16.5. The second kappa shape index (κ2) is 11.2. The van der Waals surface area contributed by atoms with Crippen LogP contribution in [-0.2, 0) is 11.3 Å². The summed E-state index contributed by atoms with van der Waals surface area (Å²) in [5.41, 5.74) is 2.68. The summed E-state index contributed by atoms with van der Waals surface area (Å²) in [5.74, 6) is 1.15. The van der Waals surface area contributed by atoms with Gasteiger partial charge in [0.15, 0.2) is 23.0 Å². The molecule has 38 heavy (non-hydrogen) atoms. The number of phenolic OH excluding ortho intramolecular Hbond substituents is 1. The highest BCUT2D eigenvalue weighted by molar-refractivity contribution is 6.13. The summed E-state index contributed by atoms with van der Waals surface area (Å²) in [7, 11) is 7.59. The minimum Gasteiger partial charge on any atom is -0.506 e. The Hall–Kier alpha value is -4.59. The molecule has 0 bridgehead atoms. The maximum Gasteiger partial charge on any atom is 0.342 e. The first kappa shape index (κ1) is 26.5. The molecule has 0 saturated carbocycles. The summed E-state index contributed by atoms with van der Waals surface area (Å²) in [6.07, 6.45) is 0. The van der Waals surface area contributed by atoms with E-state index in [0.29, 0.717) is 56.2 Å². The van der Waals surface area contributed by atoms with Gasteiger partial charge < -0.3 is 33.5 Å². The zero-order valence-corrected chi connectivity index (χ0v) is 22.2. The van der Waals surface area contributed by atoms with Crippen molar-refractivity contribution in [2.45, 2.75) is 13.5 Å². The lowest BCUT2D eigenvalue weighted by molar-refractivity contribution is 0.0469. The molecule has 4 rings (SSSR count). The van der Waals surface area contributed by atoms with Crippen molar-refractivity contribution < 1.29 is 38.3 Å². The summed E-state index contributed by atoms with van der Waals surface area (Å²) in [5, 5.41) is 12.3. The number of phenols is 1. The van der Waals surface area contributed by atoms with Crippen LogP contribution in [-0.4, -0.2) is 46.6 Å². The van der Waals surface area contributed by atoms with Gasteiger partial charge in [0.05, 0.1) is 35.5 Å². The van der Waals surface area contributed by atoms with Gasteiger partial charge in [-0.25, -0.2) is 4.79 Å². The van der Waals surface area contributed by atoms with E-state index < -0.39 is 5.97 Å². The van der Waals surface area contributed by atoms with Gasteiger partial charge in [0.1, 0.15) is 17.9 Å². The van der Waals surface area contributed by atoms with Crippen molar-refractivity contribution in [1.29, 1.82) is 0 Å². The predicted molar refractivity (Wildman–Crippen MR) is 144 cm³/mol. The van der Waals surface area contributed by atoms with Gasteiger partial charge in [0, 0.05) is 10.8 Å². The van der Waals surface area contributed by atoms with Crippen LogP contribution in [0, 0.1) is 6.92 Å². The van der Waals surface area contributed by atoms with Gasteiger partial charge in [-0.1, -0.05) is 36.4 Å². The first-order valence-corrected chi connectivity index (χ1v) is 11.8. The molecule has 0 aliphatic carbocycles. The summed E-state index contributed by atoms with van der Waals surface area (Å²) < 4.78 is 33.5. The van der Waals surface area contributed by atoms with E-state index in [2.05, 4.69) is 0 Å². The molecule has 0 aromatic heterocycles. The van der Waals surface area contributed by atoms with Crippen molar-refractivity contribution in [3.05, 3.63) is 71.3 Å². The van der Waals surface area contributed by atoms with Crippen LogP contribution in [0.4, 0.5) is 0 Å². The van der Waals surface area contributed by atoms with E-state index in [1.165, 1.54) is 21.3 Å². The van der Waals surface area contributed by atoms with Crippen molar-refractivity contribution in [1.82, 2.24) is 0 Å². The first-order chi connectivity index (χ1) is 18.4. The van der Waals surface area contributed by atoms with Gasteiger partial charge in [-0.2, -0.15) is 0 Å². The molecular weight excluding hydrogens is 488 g/mol. The second-order valence-corrected chi connectivity index (χ2v) is 8.42. The van der Waals surface area contributed by atoms with Crippen LogP contribution in [0.3, 0.4) is 0 Å². The number of aromatic hydroxyl groups is 1. The van der Waals surface area contributed by atoms with E-state index in [1.807, 2.05) is 36.4 Å². The summed E-state index contributed by atoms with van der Waals surface area (Å²) in [6, 6.07) is 16.4. The van der Waals surface area contributed by atoms with Crippen molar-refractivity contribution >= 4 is 16.7 Å². The van der Waals surface area contributed by atoms with E-state index in [1.54, 1.807) is 39.3 Å². The van der Waals surface area contributed by atoms with Crippen LogP contribution in [0.1, 0.15) is 21.5 Å². The van der Waals surface area contributed by atoms with Crippen LogP contribution >= 0.6 is 0 Å². The molecule has 0 saturated heterocycles. The maximum atomic E-state index is 13.4. The van der Waals surface area contributed by atoms with E-state index in [-0.39, 0.29) is 17.9 Å². The zero-order chi connectivity index (χ0) is 27.4. The number of hydrogen-bond acceptors (Lipinski definition) is 8. The molecule has 0 aliphatic rings. The van der Waals surface area contributed by atoms with Gasteiger partial charge >= 0.3 is 5.97 Å². The zero-order valence-electron chi connectivity index (χ0n) is 22.2. The third-order valence-electron chi connectivity index (χ3n) is 6.41. The number of rotatable bonds is 9. The lowest BCUT2D eigenvalue weighted by Gasteiger charge is -2.22. The van der Waals surface area contributed by atoms with E-state index in [0.717, 1.165) is 5.56 Å². The second-order valence-electron chi connectivity index (χ2n) is 8.42. The van der Waals surface area contributed by atoms with Crippen LogP contribution in [0.25, 0.3) is 21.9 Å². The monoisotopic (exact) mass is 518 g/mol. The van der Waals surface area contributed by atoms with Gasteiger partial charge in [0.25, 0.3) is 0 Å². The van der Waals surface area contributed by atoms with Gasteiger partial charge in [0.2, 0.25) is 5.75 Å². The Kier molecular flexibility index (Phi) is 7.81. The average Bonchev–Trinajstić information content (AvgIpc) is 2.95. The third kappa shape index (κ3) is 4.61. The molecule has 0 aliphatic heterocycles. The number of fused-ring (bicyclic) bond motifs is 1. The van der Waals surface area contributed by atoms with Crippen LogP contribution in [0.5, 0.6) is 34.5 Å². The molecule has 0 radical (unpaired) electrons. The molecule has 4 aromatic carbocycles. The number of benzene rings is 4. The fraction of sp³-hybridized carbons (Fsp3) is 0.233. The number of carbonyl (C=O) groups is 1. The summed E-state index contributed by atoms with van der Waals surface area (Å²) >= 11 is 0.